The molecule has 1 atom stereocenters. The van der Waals surface area contributed by atoms with Crippen molar-refractivity contribution in [3.05, 3.63) is 33.4 Å². The molecular weight excluding hydrogens is 353 g/mol. The van der Waals surface area contributed by atoms with Gasteiger partial charge in [0.15, 0.2) is 6.29 Å². The molecule has 0 spiro atoms. The summed E-state index contributed by atoms with van der Waals surface area (Å²) in [6.07, 6.45) is 3.07. The third-order valence-electron chi connectivity index (χ3n) is 3.25. The standard InChI is InChI=1S/C15H22INO2/c1-2-7-17-14(11-15-18-8-9-19-15)10-12-3-5-13(16)6-4-12/h3-6,14-15,17H,2,7-11H2,1H3. The number of nitrogens with one attached hydrogen (secondary N) is 1. The van der Waals surface area contributed by atoms with E-state index in [0.29, 0.717) is 6.04 Å². The van der Waals surface area contributed by atoms with Crippen molar-refractivity contribution >= 4 is 22.6 Å². The maximum absolute atomic E-state index is 5.56. The van der Waals surface area contributed by atoms with Gasteiger partial charge in [0.1, 0.15) is 0 Å². The predicted molar refractivity (Wildman–Crippen MR) is 85.3 cm³/mol. The molecule has 0 aromatic heterocycles. The van der Waals surface area contributed by atoms with Gasteiger partial charge in [0.2, 0.25) is 0 Å². The van der Waals surface area contributed by atoms with Gasteiger partial charge in [-0.1, -0.05) is 19.1 Å². The molecule has 1 unspecified atom stereocenters. The minimum Gasteiger partial charge on any atom is -0.350 e. The lowest BCUT2D eigenvalue weighted by Crippen LogP contribution is -2.35. The molecule has 1 N–H and O–H groups in total. The largest absolute Gasteiger partial charge is 0.350 e. The SMILES string of the molecule is CCCNC(Cc1ccc(I)cc1)CC1OCCO1. The van der Waals surface area contributed by atoms with Crippen LogP contribution in [0.25, 0.3) is 0 Å². The topological polar surface area (TPSA) is 30.5 Å². The molecule has 0 radical (unpaired) electrons. The van der Waals surface area contributed by atoms with Gasteiger partial charge in [0, 0.05) is 16.0 Å². The molecule has 1 saturated heterocycles. The Labute approximate surface area is 129 Å². The second-order valence-electron chi connectivity index (χ2n) is 4.89. The van der Waals surface area contributed by atoms with Crippen LogP contribution in [0.5, 0.6) is 0 Å². The predicted octanol–water partition coefficient (Wildman–Crippen LogP) is 2.96. The smallest absolute Gasteiger partial charge is 0.159 e. The van der Waals surface area contributed by atoms with Crippen molar-refractivity contribution in [2.75, 3.05) is 19.8 Å². The van der Waals surface area contributed by atoms with Crippen LogP contribution >= 0.6 is 22.6 Å². The summed E-state index contributed by atoms with van der Waals surface area (Å²) in [5.41, 5.74) is 1.37. The second-order valence-corrected chi connectivity index (χ2v) is 6.13. The van der Waals surface area contributed by atoms with Gasteiger partial charge in [-0.25, -0.2) is 0 Å². The number of ether oxygens (including phenoxy) is 2. The maximum atomic E-state index is 5.56. The molecule has 3 nitrogen and oxygen atoms in total. The van der Waals surface area contributed by atoms with E-state index in [2.05, 4.69) is 59.1 Å². The van der Waals surface area contributed by atoms with E-state index in [1.807, 2.05) is 0 Å². The number of hydrogen-bond acceptors (Lipinski definition) is 3. The van der Waals surface area contributed by atoms with Gasteiger partial charge < -0.3 is 14.8 Å². The Hall–Kier alpha value is -0.170. The fraction of sp³-hybridized carbons (Fsp3) is 0.600. The van der Waals surface area contributed by atoms with E-state index < -0.39 is 0 Å². The Morgan fingerprint density at radius 3 is 2.58 bits per heavy atom. The number of benzene rings is 1. The van der Waals surface area contributed by atoms with Crippen molar-refractivity contribution in [3.63, 3.8) is 0 Å². The van der Waals surface area contributed by atoms with Gasteiger partial charge in [-0.15, -0.1) is 0 Å². The van der Waals surface area contributed by atoms with Gasteiger partial charge in [0.05, 0.1) is 13.2 Å². The average molecular weight is 375 g/mol. The van der Waals surface area contributed by atoms with E-state index in [1.165, 1.54) is 9.13 Å². The highest BCUT2D eigenvalue weighted by Crippen LogP contribution is 2.15. The zero-order valence-corrected chi connectivity index (χ0v) is 13.6. The van der Waals surface area contributed by atoms with Crippen LogP contribution in [-0.2, 0) is 15.9 Å². The lowest BCUT2D eigenvalue weighted by atomic mass is 10.0. The third-order valence-corrected chi connectivity index (χ3v) is 3.97. The third kappa shape index (κ3) is 5.38. The highest BCUT2D eigenvalue weighted by atomic mass is 127. The van der Waals surface area contributed by atoms with Crippen molar-refractivity contribution < 1.29 is 9.47 Å². The molecule has 19 heavy (non-hydrogen) atoms. The maximum Gasteiger partial charge on any atom is 0.159 e. The molecule has 0 aliphatic carbocycles. The molecule has 1 fully saturated rings. The van der Waals surface area contributed by atoms with E-state index in [9.17, 15) is 0 Å². The summed E-state index contributed by atoms with van der Waals surface area (Å²) in [6.45, 7) is 4.70. The minimum absolute atomic E-state index is 0.0294. The first-order valence-electron chi connectivity index (χ1n) is 6.99. The molecule has 0 saturated carbocycles. The number of halogens is 1. The summed E-state index contributed by atoms with van der Waals surface area (Å²) in [7, 11) is 0. The van der Waals surface area contributed by atoms with E-state index in [1.54, 1.807) is 0 Å². The Balaban J connectivity index is 1.89. The lowest BCUT2D eigenvalue weighted by molar-refractivity contribution is -0.0526. The average Bonchev–Trinajstić information content (AvgIpc) is 2.91. The van der Waals surface area contributed by atoms with Crippen molar-refractivity contribution in [2.45, 2.75) is 38.5 Å². The van der Waals surface area contributed by atoms with Gasteiger partial charge in [-0.3, -0.25) is 0 Å². The van der Waals surface area contributed by atoms with Crippen LogP contribution in [0.2, 0.25) is 0 Å². The number of hydrogen-bond donors (Lipinski definition) is 1. The summed E-state index contributed by atoms with van der Waals surface area (Å²) in [6, 6.07) is 9.16. The zero-order valence-electron chi connectivity index (χ0n) is 11.4. The minimum atomic E-state index is -0.0294. The molecule has 1 heterocycles. The molecular formula is C15H22INO2. The first-order chi connectivity index (χ1) is 9.28. The number of rotatable bonds is 7. The zero-order chi connectivity index (χ0) is 13.5. The monoisotopic (exact) mass is 375 g/mol. The van der Waals surface area contributed by atoms with Crippen LogP contribution in [0, 0.1) is 3.57 Å². The summed E-state index contributed by atoms with van der Waals surface area (Å²) in [4.78, 5) is 0. The Morgan fingerprint density at radius 2 is 1.95 bits per heavy atom. The molecule has 1 aliphatic heterocycles. The van der Waals surface area contributed by atoms with Crippen LogP contribution in [0.4, 0.5) is 0 Å². The van der Waals surface area contributed by atoms with Crippen LogP contribution in [0.1, 0.15) is 25.3 Å². The summed E-state index contributed by atoms with van der Waals surface area (Å²) < 4.78 is 12.4. The molecule has 2 rings (SSSR count). The molecule has 0 bridgehead atoms. The van der Waals surface area contributed by atoms with Gasteiger partial charge in [-0.05, 0) is 59.7 Å². The van der Waals surface area contributed by atoms with E-state index in [4.69, 9.17) is 9.47 Å². The van der Waals surface area contributed by atoms with E-state index in [0.717, 1.165) is 39.0 Å². The quantitative estimate of drug-likeness (QED) is 0.744. The lowest BCUT2D eigenvalue weighted by Gasteiger charge is -2.21. The van der Waals surface area contributed by atoms with Crippen molar-refractivity contribution in [1.82, 2.24) is 5.32 Å². The summed E-state index contributed by atoms with van der Waals surface area (Å²) in [5.74, 6) is 0. The van der Waals surface area contributed by atoms with Crippen LogP contribution in [0.3, 0.4) is 0 Å². The second kappa shape index (κ2) is 8.19. The van der Waals surface area contributed by atoms with E-state index in [-0.39, 0.29) is 6.29 Å². The van der Waals surface area contributed by atoms with Crippen molar-refractivity contribution in [1.29, 1.82) is 0 Å². The molecule has 4 heteroatoms. The molecule has 106 valence electrons. The summed E-state index contributed by atoms with van der Waals surface area (Å²) in [5, 5.41) is 3.60. The van der Waals surface area contributed by atoms with Crippen molar-refractivity contribution in [2.24, 2.45) is 0 Å². The summed E-state index contributed by atoms with van der Waals surface area (Å²) >= 11 is 2.34. The van der Waals surface area contributed by atoms with Gasteiger partial charge in [-0.2, -0.15) is 0 Å². The molecule has 1 aliphatic rings. The van der Waals surface area contributed by atoms with Gasteiger partial charge in [0.25, 0.3) is 0 Å². The fourth-order valence-corrected chi connectivity index (χ4v) is 2.63. The first-order valence-corrected chi connectivity index (χ1v) is 8.07. The highest BCUT2D eigenvalue weighted by molar-refractivity contribution is 14.1. The van der Waals surface area contributed by atoms with Crippen LogP contribution in [-0.4, -0.2) is 32.1 Å². The Kier molecular flexibility index (Phi) is 6.56. The van der Waals surface area contributed by atoms with Crippen molar-refractivity contribution in [3.8, 4) is 0 Å². The van der Waals surface area contributed by atoms with E-state index >= 15 is 0 Å². The van der Waals surface area contributed by atoms with Crippen LogP contribution < -0.4 is 5.32 Å². The molecule has 1 aromatic carbocycles. The fourth-order valence-electron chi connectivity index (χ4n) is 2.27. The molecule has 0 amide bonds. The molecule has 1 aromatic rings. The first kappa shape index (κ1) is 15.2. The Bertz CT molecular complexity index is 363. The normalized spacial score (nSPS) is 17.8. The Morgan fingerprint density at radius 1 is 1.26 bits per heavy atom. The van der Waals surface area contributed by atoms with Gasteiger partial charge >= 0.3 is 0 Å². The highest BCUT2D eigenvalue weighted by Gasteiger charge is 2.21. The van der Waals surface area contributed by atoms with Crippen LogP contribution in [0.15, 0.2) is 24.3 Å².